The molecule has 0 amide bonds. The zero-order chi connectivity index (χ0) is 15.0. The summed E-state index contributed by atoms with van der Waals surface area (Å²) in [6, 6.07) is 5.46. The Balaban J connectivity index is 1.92. The van der Waals surface area contributed by atoms with Crippen LogP contribution in [0, 0.1) is 17.8 Å². The van der Waals surface area contributed by atoms with Crippen molar-refractivity contribution in [1.82, 2.24) is 10.2 Å². The predicted octanol–water partition coefficient (Wildman–Crippen LogP) is 3.50. The van der Waals surface area contributed by atoms with E-state index in [1.54, 1.807) is 13.0 Å². The van der Waals surface area contributed by atoms with E-state index in [4.69, 9.17) is 21.4 Å². The number of benzene rings is 1. The number of aromatic nitrogens is 2. The van der Waals surface area contributed by atoms with Crippen molar-refractivity contribution in [3.05, 3.63) is 48.7 Å². The van der Waals surface area contributed by atoms with E-state index in [1.165, 1.54) is 11.3 Å². The standard InChI is InChI=1S/C14H12N2O3S2/c1-7-8(2)13(17)19-11-5-9(3-4-10(7)11)18-6-12-15-16-14(20)21-12/h3-5H,6H2,1-2H3,(H,16,20). The summed E-state index contributed by atoms with van der Waals surface area (Å²) in [5.41, 5.74) is 1.77. The van der Waals surface area contributed by atoms with Crippen LogP contribution >= 0.6 is 23.6 Å². The zero-order valence-electron chi connectivity index (χ0n) is 11.4. The van der Waals surface area contributed by atoms with Gasteiger partial charge in [0.05, 0.1) is 0 Å². The van der Waals surface area contributed by atoms with Gasteiger partial charge < -0.3 is 9.15 Å². The number of nitrogens with zero attached hydrogens (tertiary/aromatic N) is 1. The minimum Gasteiger partial charge on any atom is -0.486 e. The maximum atomic E-state index is 11.7. The molecule has 7 heteroatoms. The van der Waals surface area contributed by atoms with Gasteiger partial charge in [0, 0.05) is 17.0 Å². The Morgan fingerprint density at radius 2 is 2.19 bits per heavy atom. The molecular weight excluding hydrogens is 308 g/mol. The van der Waals surface area contributed by atoms with Gasteiger partial charge in [-0.2, -0.15) is 5.10 Å². The predicted molar refractivity (Wildman–Crippen MR) is 83.6 cm³/mol. The molecule has 5 nitrogen and oxygen atoms in total. The molecule has 2 aromatic heterocycles. The van der Waals surface area contributed by atoms with Gasteiger partial charge in [0.15, 0.2) is 8.96 Å². The van der Waals surface area contributed by atoms with E-state index in [0.29, 0.717) is 27.5 Å². The zero-order valence-corrected chi connectivity index (χ0v) is 13.1. The highest BCUT2D eigenvalue weighted by atomic mass is 32.1. The third-order valence-corrected chi connectivity index (χ3v) is 4.34. The van der Waals surface area contributed by atoms with Crippen molar-refractivity contribution in [2.24, 2.45) is 0 Å². The van der Waals surface area contributed by atoms with Gasteiger partial charge in [-0.15, -0.1) is 0 Å². The number of H-pyrrole nitrogens is 1. The Bertz CT molecular complexity index is 924. The third-order valence-electron chi connectivity index (χ3n) is 3.27. The summed E-state index contributed by atoms with van der Waals surface area (Å²) in [5.74, 6) is 0.620. The van der Waals surface area contributed by atoms with Crippen molar-refractivity contribution < 1.29 is 9.15 Å². The number of ether oxygens (including phenoxy) is 1. The van der Waals surface area contributed by atoms with E-state index in [0.717, 1.165) is 16.0 Å². The van der Waals surface area contributed by atoms with Gasteiger partial charge in [-0.25, -0.2) is 4.79 Å². The van der Waals surface area contributed by atoms with E-state index >= 15 is 0 Å². The average molecular weight is 320 g/mol. The number of aromatic amines is 1. The van der Waals surface area contributed by atoms with Crippen LogP contribution in [0.3, 0.4) is 0 Å². The molecule has 21 heavy (non-hydrogen) atoms. The van der Waals surface area contributed by atoms with Gasteiger partial charge in [0.25, 0.3) is 0 Å². The quantitative estimate of drug-likeness (QED) is 0.591. The minimum absolute atomic E-state index is 0.317. The fraction of sp³-hybridized carbons (Fsp3) is 0.214. The van der Waals surface area contributed by atoms with Crippen molar-refractivity contribution in [3.63, 3.8) is 0 Å². The molecule has 0 aliphatic carbocycles. The van der Waals surface area contributed by atoms with E-state index in [1.807, 2.05) is 19.1 Å². The summed E-state index contributed by atoms with van der Waals surface area (Å²) in [5, 5.41) is 8.40. The Morgan fingerprint density at radius 3 is 2.90 bits per heavy atom. The lowest BCUT2D eigenvalue weighted by Gasteiger charge is -2.07. The van der Waals surface area contributed by atoms with Crippen molar-refractivity contribution in [2.75, 3.05) is 0 Å². The molecule has 0 atom stereocenters. The molecule has 0 aliphatic rings. The fourth-order valence-corrected chi connectivity index (χ4v) is 2.83. The van der Waals surface area contributed by atoms with Gasteiger partial charge in [-0.05, 0) is 43.8 Å². The summed E-state index contributed by atoms with van der Waals surface area (Å²) < 4.78 is 11.6. The fourth-order valence-electron chi connectivity index (χ4n) is 1.99. The third kappa shape index (κ3) is 2.74. The van der Waals surface area contributed by atoms with Crippen LogP contribution in [-0.4, -0.2) is 10.2 Å². The first-order valence-corrected chi connectivity index (χ1v) is 7.48. The topological polar surface area (TPSA) is 68.1 Å². The normalized spacial score (nSPS) is 11.0. The molecular formula is C14H12N2O3S2. The van der Waals surface area contributed by atoms with Crippen LogP contribution < -0.4 is 10.4 Å². The Kier molecular flexibility index (Phi) is 3.60. The summed E-state index contributed by atoms with van der Waals surface area (Å²) in [4.78, 5) is 11.7. The lowest BCUT2D eigenvalue weighted by molar-refractivity contribution is 0.304. The minimum atomic E-state index is -0.317. The maximum absolute atomic E-state index is 11.7. The molecule has 3 aromatic rings. The lowest BCUT2D eigenvalue weighted by Crippen LogP contribution is -2.05. The first kappa shape index (κ1) is 14.0. The van der Waals surface area contributed by atoms with Gasteiger partial charge in [0.2, 0.25) is 0 Å². The lowest BCUT2D eigenvalue weighted by atomic mass is 10.1. The van der Waals surface area contributed by atoms with Crippen LogP contribution in [0.15, 0.2) is 27.4 Å². The molecule has 0 saturated heterocycles. The largest absolute Gasteiger partial charge is 0.486 e. The van der Waals surface area contributed by atoms with Crippen LogP contribution in [-0.2, 0) is 6.61 Å². The van der Waals surface area contributed by atoms with E-state index in [-0.39, 0.29) is 5.63 Å². The Labute approximate surface area is 129 Å². The second kappa shape index (κ2) is 5.42. The highest BCUT2D eigenvalue weighted by Crippen LogP contribution is 2.24. The summed E-state index contributed by atoms with van der Waals surface area (Å²) >= 11 is 6.33. The van der Waals surface area contributed by atoms with Crippen LogP contribution in [0.1, 0.15) is 16.1 Å². The molecule has 108 valence electrons. The first-order valence-electron chi connectivity index (χ1n) is 6.26. The second-order valence-corrected chi connectivity index (χ2v) is 6.34. The number of hydrogen-bond acceptors (Lipinski definition) is 6. The number of rotatable bonds is 3. The Hall–Kier alpha value is -1.99. The first-order chi connectivity index (χ1) is 10.0. The summed E-state index contributed by atoms with van der Waals surface area (Å²) in [6.45, 7) is 3.99. The summed E-state index contributed by atoms with van der Waals surface area (Å²) in [6.07, 6.45) is 0. The van der Waals surface area contributed by atoms with Gasteiger partial charge >= 0.3 is 5.63 Å². The van der Waals surface area contributed by atoms with E-state index < -0.39 is 0 Å². The number of aryl methyl sites for hydroxylation is 1. The molecule has 0 saturated carbocycles. The molecule has 2 heterocycles. The molecule has 0 bridgehead atoms. The van der Waals surface area contributed by atoms with Crippen LogP contribution in [0.5, 0.6) is 5.75 Å². The highest BCUT2D eigenvalue weighted by Gasteiger charge is 2.09. The molecule has 3 rings (SSSR count). The van der Waals surface area contributed by atoms with Crippen molar-refractivity contribution in [3.8, 4) is 5.75 Å². The second-order valence-electron chi connectivity index (χ2n) is 4.59. The molecule has 1 N–H and O–H groups in total. The van der Waals surface area contributed by atoms with Gasteiger partial charge in [-0.3, -0.25) is 5.10 Å². The SMILES string of the molecule is Cc1c(C)c2ccc(OCc3n[nH]c(=S)s3)cc2oc1=O. The van der Waals surface area contributed by atoms with E-state index in [9.17, 15) is 4.79 Å². The van der Waals surface area contributed by atoms with Crippen LogP contribution in [0.25, 0.3) is 11.0 Å². The van der Waals surface area contributed by atoms with E-state index in [2.05, 4.69) is 10.2 Å². The van der Waals surface area contributed by atoms with Crippen LogP contribution in [0.4, 0.5) is 0 Å². The maximum Gasteiger partial charge on any atom is 0.339 e. The number of fused-ring (bicyclic) bond motifs is 1. The molecule has 0 spiro atoms. The number of nitrogens with one attached hydrogen (secondary N) is 1. The Morgan fingerprint density at radius 1 is 1.38 bits per heavy atom. The van der Waals surface area contributed by atoms with Crippen LogP contribution in [0.2, 0.25) is 0 Å². The summed E-state index contributed by atoms with van der Waals surface area (Å²) in [7, 11) is 0. The molecule has 0 aliphatic heterocycles. The monoisotopic (exact) mass is 320 g/mol. The molecule has 0 fully saturated rings. The number of hydrogen-bond donors (Lipinski definition) is 1. The molecule has 0 unspecified atom stereocenters. The van der Waals surface area contributed by atoms with Crippen molar-refractivity contribution in [1.29, 1.82) is 0 Å². The van der Waals surface area contributed by atoms with Crippen molar-refractivity contribution >= 4 is 34.5 Å². The molecule has 0 radical (unpaired) electrons. The smallest absolute Gasteiger partial charge is 0.339 e. The highest BCUT2D eigenvalue weighted by molar-refractivity contribution is 7.73. The van der Waals surface area contributed by atoms with Gasteiger partial charge in [-0.1, -0.05) is 11.3 Å². The van der Waals surface area contributed by atoms with Crippen molar-refractivity contribution in [2.45, 2.75) is 20.5 Å². The average Bonchev–Trinajstić information content (AvgIpc) is 2.88. The van der Waals surface area contributed by atoms with Gasteiger partial charge in [0.1, 0.15) is 17.9 Å². The molecule has 1 aromatic carbocycles.